The second-order valence-electron chi connectivity index (χ2n) is 6.74. The molecule has 0 spiro atoms. The van der Waals surface area contributed by atoms with Crippen molar-refractivity contribution < 1.29 is 4.74 Å². The number of aliphatic imine (C=N–C) groups is 1. The second-order valence-corrected chi connectivity index (χ2v) is 6.74. The van der Waals surface area contributed by atoms with E-state index >= 15 is 0 Å². The van der Waals surface area contributed by atoms with Gasteiger partial charge in [-0.25, -0.2) is 4.99 Å². The van der Waals surface area contributed by atoms with Gasteiger partial charge in [0.15, 0.2) is 5.96 Å². The minimum atomic E-state index is 0.675. The van der Waals surface area contributed by atoms with Crippen molar-refractivity contribution in [1.29, 1.82) is 0 Å². The lowest BCUT2D eigenvalue weighted by molar-refractivity contribution is 0.0342. The third kappa shape index (κ3) is 6.70. The molecule has 1 aliphatic heterocycles. The summed E-state index contributed by atoms with van der Waals surface area (Å²) in [6.07, 6.45) is 0. The third-order valence-corrected chi connectivity index (χ3v) is 4.60. The summed E-state index contributed by atoms with van der Waals surface area (Å²) in [4.78, 5) is 7.11. The molecule has 1 aliphatic rings. The standard InChI is InChI=1S/C22H30N4O/c1-2-23-22(24-16-19-6-4-3-5-7-19)25-17-20-8-10-21(11-9-20)18-26-12-14-27-15-13-26/h3-11H,2,12-18H2,1H3,(H2,23,24,25). The minimum absolute atomic E-state index is 0.675. The predicted molar refractivity (Wildman–Crippen MR) is 111 cm³/mol. The minimum Gasteiger partial charge on any atom is -0.379 e. The number of hydrogen-bond acceptors (Lipinski definition) is 3. The van der Waals surface area contributed by atoms with E-state index in [1.807, 2.05) is 18.2 Å². The molecule has 2 aromatic rings. The maximum absolute atomic E-state index is 5.41. The Labute approximate surface area is 162 Å². The Balaban J connectivity index is 1.50. The van der Waals surface area contributed by atoms with Gasteiger partial charge in [-0.1, -0.05) is 54.6 Å². The van der Waals surface area contributed by atoms with Crippen LogP contribution in [-0.4, -0.2) is 43.7 Å². The van der Waals surface area contributed by atoms with Gasteiger partial charge in [-0.2, -0.15) is 0 Å². The Hall–Kier alpha value is -2.37. The van der Waals surface area contributed by atoms with Crippen molar-refractivity contribution >= 4 is 5.96 Å². The number of ether oxygens (including phenoxy) is 1. The van der Waals surface area contributed by atoms with Gasteiger partial charge in [0.05, 0.1) is 19.8 Å². The fraction of sp³-hybridized carbons (Fsp3) is 0.409. The molecule has 0 saturated carbocycles. The molecule has 1 saturated heterocycles. The average molecular weight is 367 g/mol. The normalized spacial score (nSPS) is 15.5. The van der Waals surface area contributed by atoms with E-state index in [0.717, 1.165) is 51.9 Å². The molecule has 1 fully saturated rings. The third-order valence-electron chi connectivity index (χ3n) is 4.60. The SMILES string of the molecule is CCNC(=NCc1ccccc1)NCc1ccc(CN2CCOCC2)cc1. The van der Waals surface area contributed by atoms with Gasteiger partial charge in [0.2, 0.25) is 0 Å². The van der Waals surface area contributed by atoms with Crippen LogP contribution >= 0.6 is 0 Å². The molecule has 1 heterocycles. The van der Waals surface area contributed by atoms with E-state index in [1.165, 1.54) is 16.7 Å². The topological polar surface area (TPSA) is 48.9 Å². The van der Waals surface area contributed by atoms with Gasteiger partial charge in [-0.05, 0) is 23.6 Å². The lowest BCUT2D eigenvalue weighted by Gasteiger charge is -2.26. The fourth-order valence-corrected chi connectivity index (χ4v) is 3.06. The maximum Gasteiger partial charge on any atom is 0.191 e. The molecule has 0 unspecified atom stereocenters. The van der Waals surface area contributed by atoms with Crippen molar-refractivity contribution in [2.45, 2.75) is 26.6 Å². The molecule has 0 aromatic heterocycles. The zero-order chi connectivity index (χ0) is 18.7. The van der Waals surface area contributed by atoms with Crippen molar-refractivity contribution in [2.75, 3.05) is 32.8 Å². The molecule has 0 aliphatic carbocycles. The van der Waals surface area contributed by atoms with Crippen LogP contribution in [0.25, 0.3) is 0 Å². The molecule has 5 heteroatoms. The van der Waals surface area contributed by atoms with Crippen molar-refractivity contribution in [1.82, 2.24) is 15.5 Å². The van der Waals surface area contributed by atoms with Crippen LogP contribution in [0.2, 0.25) is 0 Å². The maximum atomic E-state index is 5.41. The van der Waals surface area contributed by atoms with E-state index in [9.17, 15) is 0 Å². The van der Waals surface area contributed by atoms with Crippen molar-refractivity contribution in [3.05, 3.63) is 71.3 Å². The van der Waals surface area contributed by atoms with E-state index < -0.39 is 0 Å². The summed E-state index contributed by atoms with van der Waals surface area (Å²) in [5, 5.41) is 6.73. The molecular weight excluding hydrogens is 336 g/mol. The molecule has 3 rings (SSSR count). The van der Waals surface area contributed by atoms with Crippen LogP contribution in [0.3, 0.4) is 0 Å². The fourth-order valence-electron chi connectivity index (χ4n) is 3.06. The number of hydrogen-bond donors (Lipinski definition) is 2. The molecule has 27 heavy (non-hydrogen) atoms. The summed E-state index contributed by atoms with van der Waals surface area (Å²) >= 11 is 0. The lowest BCUT2D eigenvalue weighted by Crippen LogP contribution is -2.36. The largest absolute Gasteiger partial charge is 0.379 e. The Bertz CT molecular complexity index is 694. The quantitative estimate of drug-likeness (QED) is 0.584. The summed E-state index contributed by atoms with van der Waals surface area (Å²) < 4.78 is 5.41. The highest BCUT2D eigenvalue weighted by Gasteiger charge is 2.10. The van der Waals surface area contributed by atoms with Crippen molar-refractivity contribution in [3.63, 3.8) is 0 Å². The van der Waals surface area contributed by atoms with E-state index in [4.69, 9.17) is 4.74 Å². The molecule has 0 amide bonds. The van der Waals surface area contributed by atoms with Crippen LogP contribution in [0.1, 0.15) is 23.6 Å². The number of nitrogens with zero attached hydrogens (tertiary/aromatic N) is 2. The molecule has 0 bridgehead atoms. The van der Waals surface area contributed by atoms with Crippen LogP contribution in [-0.2, 0) is 24.4 Å². The summed E-state index contributed by atoms with van der Waals surface area (Å²) in [6, 6.07) is 19.2. The second kappa shape index (κ2) is 10.7. The van der Waals surface area contributed by atoms with Gasteiger partial charge in [-0.15, -0.1) is 0 Å². The zero-order valence-electron chi connectivity index (χ0n) is 16.2. The number of benzene rings is 2. The first-order chi connectivity index (χ1) is 13.3. The smallest absolute Gasteiger partial charge is 0.191 e. The van der Waals surface area contributed by atoms with E-state index in [0.29, 0.717) is 6.54 Å². The van der Waals surface area contributed by atoms with E-state index in [2.05, 4.69) is 63.8 Å². The first-order valence-electron chi connectivity index (χ1n) is 9.77. The van der Waals surface area contributed by atoms with Crippen LogP contribution in [0, 0.1) is 0 Å². The average Bonchev–Trinajstić information content (AvgIpc) is 2.73. The summed E-state index contributed by atoms with van der Waals surface area (Å²) in [5.41, 5.74) is 3.82. The molecule has 5 nitrogen and oxygen atoms in total. The van der Waals surface area contributed by atoms with Crippen LogP contribution in [0.15, 0.2) is 59.6 Å². The highest BCUT2D eigenvalue weighted by atomic mass is 16.5. The highest BCUT2D eigenvalue weighted by Crippen LogP contribution is 2.09. The van der Waals surface area contributed by atoms with Gasteiger partial charge < -0.3 is 15.4 Å². The van der Waals surface area contributed by atoms with Gasteiger partial charge in [0.1, 0.15) is 0 Å². The van der Waals surface area contributed by atoms with Crippen LogP contribution in [0.5, 0.6) is 0 Å². The van der Waals surface area contributed by atoms with Crippen molar-refractivity contribution in [3.8, 4) is 0 Å². The Morgan fingerprint density at radius 2 is 1.63 bits per heavy atom. The predicted octanol–water partition coefficient (Wildman–Crippen LogP) is 2.77. The van der Waals surface area contributed by atoms with Gasteiger partial charge in [-0.3, -0.25) is 4.90 Å². The molecule has 2 N–H and O–H groups in total. The van der Waals surface area contributed by atoms with Crippen molar-refractivity contribution in [2.24, 2.45) is 4.99 Å². The lowest BCUT2D eigenvalue weighted by atomic mass is 10.1. The first kappa shape index (κ1) is 19.4. The number of rotatable bonds is 7. The molecule has 0 atom stereocenters. The molecule has 0 radical (unpaired) electrons. The highest BCUT2D eigenvalue weighted by molar-refractivity contribution is 5.79. The summed E-state index contributed by atoms with van der Waals surface area (Å²) in [7, 11) is 0. The molecule has 144 valence electrons. The Morgan fingerprint density at radius 1 is 0.926 bits per heavy atom. The van der Waals surface area contributed by atoms with Gasteiger partial charge in [0, 0.05) is 32.7 Å². The molecular formula is C22H30N4O. The number of nitrogens with one attached hydrogen (secondary N) is 2. The van der Waals surface area contributed by atoms with E-state index in [1.54, 1.807) is 0 Å². The first-order valence-corrected chi connectivity index (χ1v) is 9.77. The zero-order valence-corrected chi connectivity index (χ0v) is 16.2. The number of guanidine groups is 1. The monoisotopic (exact) mass is 366 g/mol. The Kier molecular flexibility index (Phi) is 7.69. The van der Waals surface area contributed by atoms with Crippen LogP contribution in [0.4, 0.5) is 0 Å². The molecule has 2 aromatic carbocycles. The van der Waals surface area contributed by atoms with Gasteiger partial charge in [0.25, 0.3) is 0 Å². The summed E-state index contributed by atoms with van der Waals surface area (Å²) in [6.45, 7) is 9.10. The number of morpholine rings is 1. The van der Waals surface area contributed by atoms with Crippen LogP contribution < -0.4 is 10.6 Å². The van der Waals surface area contributed by atoms with E-state index in [-0.39, 0.29) is 0 Å². The summed E-state index contributed by atoms with van der Waals surface area (Å²) in [5.74, 6) is 0.846. The van der Waals surface area contributed by atoms with Gasteiger partial charge >= 0.3 is 0 Å². The Morgan fingerprint density at radius 3 is 2.33 bits per heavy atom.